The van der Waals surface area contributed by atoms with E-state index in [9.17, 15) is 24.3 Å². The molecule has 0 aliphatic heterocycles. The number of benzene rings is 1. The summed E-state index contributed by atoms with van der Waals surface area (Å²) in [6.45, 7) is 3.86. The zero-order valence-corrected chi connectivity index (χ0v) is 24.6. The van der Waals surface area contributed by atoms with Gasteiger partial charge in [0, 0.05) is 17.1 Å². The molecule has 0 bridgehead atoms. The normalized spacial score (nSPS) is 14.4. The number of aromatic amines is 1. The first kappa shape index (κ1) is 32.5. The molecule has 1 aromatic carbocycles. The van der Waals surface area contributed by atoms with Gasteiger partial charge in [-0.15, -0.1) is 0 Å². The Hall–Kier alpha value is -2.70. The van der Waals surface area contributed by atoms with Gasteiger partial charge >= 0.3 is 5.97 Å². The molecule has 10 nitrogen and oxygen atoms in total. The number of carbonyl (C=O) groups excluding carboxylic acids is 3. The molecule has 0 aliphatic carbocycles. The molecule has 39 heavy (non-hydrogen) atoms. The largest absolute Gasteiger partial charge is 0.480 e. The van der Waals surface area contributed by atoms with E-state index in [-0.39, 0.29) is 18.8 Å². The predicted octanol–water partition coefficient (Wildman–Crippen LogP) is 2.13. The molecule has 0 spiro atoms. The minimum absolute atomic E-state index is 0.0762. The van der Waals surface area contributed by atoms with Crippen LogP contribution in [-0.4, -0.2) is 82.0 Å². The van der Waals surface area contributed by atoms with Crippen molar-refractivity contribution in [1.82, 2.24) is 20.9 Å². The zero-order chi connectivity index (χ0) is 28.9. The lowest BCUT2D eigenvalue weighted by molar-refractivity contribution is -0.142. The van der Waals surface area contributed by atoms with Crippen LogP contribution in [0.5, 0.6) is 0 Å². The van der Waals surface area contributed by atoms with Gasteiger partial charge in [0.25, 0.3) is 0 Å². The maximum atomic E-state index is 13.3. The number of nitrogens with two attached hydrogens (primary N) is 1. The number of nitrogens with one attached hydrogen (secondary N) is 4. The average molecular weight is 580 g/mol. The molecule has 0 fully saturated rings. The van der Waals surface area contributed by atoms with E-state index in [1.165, 1.54) is 23.5 Å². The van der Waals surface area contributed by atoms with Gasteiger partial charge in [0.05, 0.1) is 6.04 Å². The fraction of sp³-hybridized carbons (Fsp3) is 0.556. The highest BCUT2D eigenvalue weighted by Gasteiger charge is 2.30. The van der Waals surface area contributed by atoms with Gasteiger partial charge in [-0.1, -0.05) is 32.0 Å². The standard InChI is InChI=1S/C27H41N5O5S2/c1-16(2)13-23(32-24(33)19(28)14-17-15-29-20-8-6-5-7-18(17)20)26(35)30-21(9-11-38-3)25(34)31-22(27(36)37)10-12-39-4/h5-8,15-16,19,21-23,29H,9-14,28H2,1-4H3,(H,30,35)(H,31,34)(H,32,33)(H,36,37). The molecule has 2 aromatic rings. The van der Waals surface area contributed by atoms with Gasteiger partial charge < -0.3 is 31.8 Å². The van der Waals surface area contributed by atoms with Crippen molar-refractivity contribution >= 4 is 58.1 Å². The van der Waals surface area contributed by atoms with Crippen LogP contribution < -0.4 is 21.7 Å². The number of H-pyrrole nitrogens is 1. The monoisotopic (exact) mass is 579 g/mol. The second-order valence-electron chi connectivity index (χ2n) is 9.88. The number of hydrogen-bond donors (Lipinski definition) is 6. The fourth-order valence-corrected chi connectivity index (χ4v) is 5.10. The quantitative estimate of drug-likeness (QED) is 0.166. The minimum atomic E-state index is -1.12. The molecule has 7 N–H and O–H groups in total. The third-order valence-electron chi connectivity index (χ3n) is 6.26. The van der Waals surface area contributed by atoms with Crippen LogP contribution in [0.3, 0.4) is 0 Å². The molecule has 1 aromatic heterocycles. The molecular weight excluding hydrogens is 538 g/mol. The number of rotatable bonds is 17. The van der Waals surface area contributed by atoms with Crippen molar-refractivity contribution in [1.29, 1.82) is 0 Å². The highest BCUT2D eigenvalue weighted by molar-refractivity contribution is 7.98. The Bertz CT molecular complexity index is 1110. The summed E-state index contributed by atoms with van der Waals surface area (Å²) in [5.74, 6) is -1.43. The van der Waals surface area contributed by atoms with E-state index >= 15 is 0 Å². The van der Waals surface area contributed by atoms with Crippen LogP contribution in [-0.2, 0) is 25.6 Å². The summed E-state index contributed by atoms with van der Waals surface area (Å²) in [4.78, 5) is 54.2. The van der Waals surface area contributed by atoms with E-state index in [0.717, 1.165) is 16.5 Å². The fourth-order valence-electron chi connectivity index (χ4n) is 4.15. The second-order valence-corrected chi connectivity index (χ2v) is 11.9. The first-order chi connectivity index (χ1) is 18.6. The molecule has 0 radical (unpaired) electrons. The number of carboxylic acids is 1. The summed E-state index contributed by atoms with van der Waals surface area (Å²) < 4.78 is 0. The van der Waals surface area contributed by atoms with E-state index in [1.54, 1.807) is 0 Å². The molecule has 0 saturated carbocycles. The summed E-state index contributed by atoms with van der Waals surface area (Å²) in [5, 5.41) is 18.6. The Morgan fingerprint density at radius 3 is 2.08 bits per heavy atom. The number of thioether (sulfide) groups is 2. The lowest BCUT2D eigenvalue weighted by Gasteiger charge is -2.26. The van der Waals surface area contributed by atoms with Crippen molar-refractivity contribution in [3.63, 3.8) is 0 Å². The Balaban J connectivity index is 2.10. The summed E-state index contributed by atoms with van der Waals surface area (Å²) in [6.07, 6.45) is 6.79. The lowest BCUT2D eigenvalue weighted by Crippen LogP contribution is -2.57. The Morgan fingerprint density at radius 2 is 1.46 bits per heavy atom. The number of amides is 3. The van der Waals surface area contributed by atoms with Gasteiger partial charge in [-0.05, 0) is 67.2 Å². The number of carboxylic acid groups (broad SMARTS) is 1. The van der Waals surface area contributed by atoms with Crippen LogP contribution in [0.4, 0.5) is 0 Å². The highest BCUT2D eigenvalue weighted by Crippen LogP contribution is 2.19. The summed E-state index contributed by atoms with van der Waals surface area (Å²) in [7, 11) is 0. The zero-order valence-electron chi connectivity index (χ0n) is 23.0. The van der Waals surface area contributed by atoms with Crippen molar-refractivity contribution in [2.24, 2.45) is 11.7 Å². The Labute approximate surface area is 238 Å². The predicted molar refractivity (Wildman–Crippen MR) is 159 cm³/mol. The molecular formula is C27H41N5O5S2. The lowest BCUT2D eigenvalue weighted by atomic mass is 10.0. The van der Waals surface area contributed by atoms with E-state index in [2.05, 4.69) is 20.9 Å². The number of carbonyl (C=O) groups is 4. The number of aromatic nitrogens is 1. The molecule has 2 rings (SSSR count). The van der Waals surface area contributed by atoms with Crippen molar-refractivity contribution in [2.45, 2.75) is 63.7 Å². The average Bonchev–Trinajstić information content (AvgIpc) is 3.30. The maximum absolute atomic E-state index is 13.3. The smallest absolute Gasteiger partial charge is 0.326 e. The summed E-state index contributed by atoms with van der Waals surface area (Å²) >= 11 is 3.00. The second kappa shape index (κ2) is 16.4. The number of para-hydroxylation sites is 1. The molecule has 12 heteroatoms. The topological polar surface area (TPSA) is 166 Å². The maximum Gasteiger partial charge on any atom is 0.326 e. The SMILES string of the molecule is CSCCC(NC(=O)C(CCSC)NC(=O)C(CC(C)C)NC(=O)C(N)Cc1c[nH]c2ccccc12)C(=O)O. The van der Waals surface area contributed by atoms with Crippen molar-refractivity contribution < 1.29 is 24.3 Å². The van der Waals surface area contributed by atoms with Gasteiger partial charge in [0.2, 0.25) is 17.7 Å². The molecule has 3 amide bonds. The Kier molecular flexibility index (Phi) is 13.7. The van der Waals surface area contributed by atoms with Crippen molar-refractivity contribution in [3.05, 3.63) is 36.0 Å². The first-order valence-electron chi connectivity index (χ1n) is 13.0. The van der Waals surface area contributed by atoms with Gasteiger partial charge in [-0.25, -0.2) is 4.79 Å². The van der Waals surface area contributed by atoms with Crippen molar-refractivity contribution in [2.75, 3.05) is 24.0 Å². The van der Waals surface area contributed by atoms with Crippen LogP contribution in [0.2, 0.25) is 0 Å². The minimum Gasteiger partial charge on any atom is -0.480 e. The molecule has 4 unspecified atom stereocenters. The van der Waals surface area contributed by atoms with E-state index < -0.39 is 47.9 Å². The van der Waals surface area contributed by atoms with E-state index in [4.69, 9.17) is 5.73 Å². The highest BCUT2D eigenvalue weighted by atomic mass is 32.2. The Morgan fingerprint density at radius 1 is 0.897 bits per heavy atom. The summed E-state index contributed by atoms with van der Waals surface area (Å²) in [6, 6.07) is 3.97. The number of aliphatic carboxylic acids is 1. The van der Waals surface area contributed by atoms with Crippen LogP contribution in [0, 0.1) is 5.92 Å². The van der Waals surface area contributed by atoms with Crippen molar-refractivity contribution in [3.8, 4) is 0 Å². The molecule has 1 heterocycles. The van der Waals surface area contributed by atoms with Crippen LogP contribution in [0.25, 0.3) is 10.9 Å². The summed E-state index contributed by atoms with van der Waals surface area (Å²) in [5.41, 5.74) is 8.09. The van der Waals surface area contributed by atoms with Gasteiger partial charge in [-0.3, -0.25) is 14.4 Å². The molecule has 4 atom stereocenters. The molecule has 0 aliphatic rings. The van der Waals surface area contributed by atoms with E-state index in [0.29, 0.717) is 24.3 Å². The number of hydrogen-bond acceptors (Lipinski definition) is 7. The molecule has 216 valence electrons. The molecule has 0 saturated heterocycles. The third-order valence-corrected chi connectivity index (χ3v) is 7.55. The van der Waals surface area contributed by atoms with Gasteiger partial charge in [-0.2, -0.15) is 23.5 Å². The van der Waals surface area contributed by atoms with Crippen LogP contribution in [0.15, 0.2) is 30.5 Å². The first-order valence-corrected chi connectivity index (χ1v) is 15.8. The van der Waals surface area contributed by atoms with Crippen LogP contribution >= 0.6 is 23.5 Å². The van der Waals surface area contributed by atoms with Gasteiger partial charge in [0.15, 0.2) is 0 Å². The van der Waals surface area contributed by atoms with E-state index in [1.807, 2.05) is 56.8 Å². The van der Waals surface area contributed by atoms with Crippen LogP contribution in [0.1, 0.15) is 38.7 Å². The van der Waals surface area contributed by atoms with Gasteiger partial charge in [0.1, 0.15) is 18.1 Å². The number of fused-ring (bicyclic) bond motifs is 1. The third kappa shape index (κ3) is 10.4.